The van der Waals surface area contributed by atoms with Crippen LogP contribution in [0.25, 0.3) is 11.3 Å². The van der Waals surface area contributed by atoms with Crippen LogP contribution in [-0.4, -0.2) is 15.4 Å². The molecule has 0 aliphatic rings. The number of aromatic nitrogens is 3. The second-order valence-electron chi connectivity index (χ2n) is 4.29. The Morgan fingerprint density at radius 2 is 1.89 bits per heavy atom. The fraction of sp³-hybridized carbons (Fsp3) is 0.0667. The van der Waals surface area contributed by atoms with Gasteiger partial charge in [0.15, 0.2) is 0 Å². The summed E-state index contributed by atoms with van der Waals surface area (Å²) in [6.07, 6.45) is 1.72. The van der Waals surface area contributed by atoms with E-state index in [1.807, 2.05) is 30.3 Å². The second kappa shape index (κ2) is 5.35. The summed E-state index contributed by atoms with van der Waals surface area (Å²) in [4.78, 5) is 0. The molecule has 0 atom stereocenters. The van der Waals surface area contributed by atoms with E-state index < -0.39 is 0 Å². The number of benzene rings is 2. The molecule has 0 fully saturated rings. The van der Waals surface area contributed by atoms with Crippen LogP contribution < -0.4 is 5.32 Å². The SMILES string of the molecule is c1ccc(CNc2cccc(-c3cnn[nH]3)c2)cc1. The molecule has 0 unspecified atom stereocenters. The van der Waals surface area contributed by atoms with Crippen LogP contribution in [0.1, 0.15) is 5.56 Å². The van der Waals surface area contributed by atoms with Crippen molar-refractivity contribution < 1.29 is 0 Å². The van der Waals surface area contributed by atoms with Gasteiger partial charge in [-0.25, -0.2) is 0 Å². The Morgan fingerprint density at radius 3 is 2.68 bits per heavy atom. The highest BCUT2D eigenvalue weighted by molar-refractivity contribution is 5.64. The number of rotatable bonds is 4. The highest BCUT2D eigenvalue weighted by atomic mass is 15.3. The third-order valence-electron chi connectivity index (χ3n) is 2.93. The van der Waals surface area contributed by atoms with Crippen molar-refractivity contribution in [3.63, 3.8) is 0 Å². The van der Waals surface area contributed by atoms with E-state index in [1.54, 1.807) is 6.20 Å². The predicted octanol–water partition coefficient (Wildman–Crippen LogP) is 3.08. The summed E-state index contributed by atoms with van der Waals surface area (Å²) in [5.41, 5.74) is 4.33. The van der Waals surface area contributed by atoms with Crippen LogP contribution >= 0.6 is 0 Å². The predicted molar refractivity (Wildman–Crippen MR) is 75.6 cm³/mol. The Morgan fingerprint density at radius 1 is 1.00 bits per heavy atom. The molecule has 4 nitrogen and oxygen atoms in total. The minimum atomic E-state index is 0.811. The molecule has 4 heteroatoms. The van der Waals surface area contributed by atoms with Gasteiger partial charge in [0.2, 0.25) is 0 Å². The lowest BCUT2D eigenvalue weighted by atomic mass is 10.1. The zero-order chi connectivity index (χ0) is 12.9. The van der Waals surface area contributed by atoms with Crippen LogP contribution in [-0.2, 0) is 6.54 Å². The summed E-state index contributed by atoms with van der Waals surface area (Å²) in [7, 11) is 0. The van der Waals surface area contributed by atoms with Crippen LogP contribution in [0.2, 0.25) is 0 Å². The molecule has 0 spiro atoms. The van der Waals surface area contributed by atoms with Crippen LogP contribution in [0.5, 0.6) is 0 Å². The van der Waals surface area contributed by atoms with Crippen molar-refractivity contribution in [1.29, 1.82) is 0 Å². The summed E-state index contributed by atoms with van der Waals surface area (Å²) < 4.78 is 0. The number of hydrogen-bond acceptors (Lipinski definition) is 3. The summed E-state index contributed by atoms with van der Waals surface area (Å²) in [6.45, 7) is 0.811. The number of hydrogen-bond donors (Lipinski definition) is 2. The van der Waals surface area contributed by atoms with Gasteiger partial charge in [-0.15, -0.1) is 5.10 Å². The third-order valence-corrected chi connectivity index (χ3v) is 2.93. The molecule has 0 radical (unpaired) electrons. The van der Waals surface area contributed by atoms with E-state index in [9.17, 15) is 0 Å². The molecule has 2 aromatic carbocycles. The zero-order valence-electron chi connectivity index (χ0n) is 10.4. The molecular formula is C15H14N4. The van der Waals surface area contributed by atoms with Gasteiger partial charge in [-0.3, -0.25) is 5.10 Å². The van der Waals surface area contributed by atoms with E-state index in [-0.39, 0.29) is 0 Å². The first kappa shape index (κ1) is 11.5. The summed E-state index contributed by atoms with van der Waals surface area (Å²) in [5.74, 6) is 0. The molecule has 19 heavy (non-hydrogen) atoms. The van der Waals surface area contributed by atoms with Gasteiger partial charge < -0.3 is 5.32 Å². The number of nitrogens with one attached hydrogen (secondary N) is 2. The van der Waals surface area contributed by atoms with Crippen molar-refractivity contribution in [2.75, 3.05) is 5.32 Å². The van der Waals surface area contributed by atoms with Crippen LogP contribution in [0.3, 0.4) is 0 Å². The van der Waals surface area contributed by atoms with Gasteiger partial charge in [0, 0.05) is 17.8 Å². The van der Waals surface area contributed by atoms with E-state index in [0.717, 1.165) is 23.5 Å². The van der Waals surface area contributed by atoms with Crippen molar-refractivity contribution in [2.24, 2.45) is 0 Å². The minimum absolute atomic E-state index is 0.811. The molecular weight excluding hydrogens is 236 g/mol. The van der Waals surface area contributed by atoms with E-state index in [2.05, 4.69) is 45.0 Å². The van der Waals surface area contributed by atoms with Crippen molar-refractivity contribution in [2.45, 2.75) is 6.54 Å². The zero-order valence-corrected chi connectivity index (χ0v) is 10.4. The average Bonchev–Trinajstić information content (AvgIpc) is 3.01. The first-order valence-electron chi connectivity index (χ1n) is 6.16. The average molecular weight is 250 g/mol. The molecule has 3 rings (SSSR count). The lowest BCUT2D eigenvalue weighted by Crippen LogP contribution is -1.98. The number of nitrogens with zero attached hydrogens (tertiary/aromatic N) is 2. The molecule has 0 saturated heterocycles. The van der Waals surface area contributed by atoms with Gasteiger partial charge in [0.1, 0.15) is 0 Å². The highest BCUT2D eigenvalue weighted by Gasteiger charge is 2.00. The monoisotopic (exact) mass is 250 g/mol. The molecule has 3 aromatic rings. The third kappa shape index (κ3) is 2.80. The maximum Gasteiger partial charge on any atom is 0.0854 e. The fourth-order valence-corrected chi connectivity index (χ4v) is 1.93. The summed E-state index contributed by atoms with van der Waals surface area (Å²) in [6, 6.07) is 18.5. The maximum atomic E-state index is 3.80. The molecule has 2 N–H and O–H groups in total. The van der Waals surface area contributed by atoms with Crippen LogP contribution in [0, 0.1) is 0 Å². The molecule has 0 saturated carbocycles. The van der Waals surface area contributed by atoms with E-state index in [1.165, 1.54) is 5.56 Å². The topological polar surface area (TPSA) is 53.6 Å². The molecule has 94 valence electrons. The molecule has 0 bridgehead atoms. The number of aromatic amines is 1. The Bertz CT molecular complexity index is 632. The Labute approximate surface area is 111 Å². The van der Waals surface area contributed by atoms with Crippen LogP contribution in [0.4, 0.5) is 5.69 Å². The Balaban J connectivity index is 1.74. The molecule has 0 amide bonds. The lowest BCUT2D eigenvalue weighted by molar-refractivity contribution is 0.942. The normalized spacial score (nSPS) is 10.3. The van der Waals surface area contributed by atoms with Crippen molar-refractivity contribution in [1.82, 2.24) is 15.4 Å². The quantitative estimate of drug-likeness (QED) is 0.748. The first-order valence-corrected chi connectivity index (χ1v) is 6.16. The van der Waals surface area contributed by atoms with E-state index >= 15 is 0 Å². The van der Waals surface area contributed by atoms with E-state index in [4.69, 9.17) is 0 Å². The lowest BCUT2D eigenvalue weighted by Gasteiger charge is -2.07. The number of H-pyrrole nitrogens is 1. The molecule has 0 aliphatic carbocycles. The fourth-order valence-electron chi connectivity index (χ4n) is 1.93. The number of anilines is 1. The molecule has 1 heterocycles. The largest absolute Gasteiger partial charge is 0.381 e. The van der Waals surface area contributed by atoms with Gasteiger partial charge in [-0.1, -0.05) is 47.7 Å². The van der Waals surface area contributed by atoms with Gasteiger partial charge in [-0.05, 0) is 17.7 Å². The van der Waals surface area contributed by atoms with Gasteiger partial charge >= 0.3 is 0 Å². The minimum Gasteiger partial charge on any atom is -0.381 e. The highest BCUT2D eigenvalue weighted by Crippen LogP contribution is 2.20. The maximum absolute atomic E-state index is 3.80. The van der Waals surface area contributed by atoms with Crippen LogP contribution in [0.15, 0.2) is 60.8 Å². The first-order chi connectivity index (χ1) is 9.42. The Hall–Kier alpha value is -2.62. The van der Waals surface area contributed by atoms with Gasteiger partial charge in [0.25, 0.3) is 0 Å². The molecule has 1 aromatic heterocycles. The molecule has 0 aliphatic heterocycles. The summed E-state index contributed by atoms with van der Waals surface area (Å²) >= 11 is 0. The van der Waals surface area contributed by atoms with Crippen molar-refractivity contribution in [3.05, 3.63) is 66.4 Å². The second-order valence-corrected chi connectivity index (χ2v) is 4.29. The smallest absolute Gasteiger partial charge is 0.0854 e. The van der Waals surface area contributed by atoms with Crippen molar-refractivity contribution in [3.8, 4) is 11.3 Å². The van der Waals surface area contributed by atoms with E-state index in [0.29, 0.717) is 0 Å². The van der Waals surface area contributed by atoms with Gasteiger partial charge in [-0.2, -0.15) is 0 Å². The van der Waals surface area contributed by atoms with Crippen molar-refractivity contribution >= 4 is 5.69 Å². The summed E-state index contributed by atoms with van der Waals surface area (Å²) in [5, 5.41) is 13.8. The Kier molecular flexibility index (Phi) is 3.23. The standard InChI is InChI=1S/C15H14N4/c1-2-5-12(6-3-1)10-16-14-8-4-7-13(9-14)15-11-17-19-18-15/h1-9,11,16H,10H2,(H,17,18,19). The van der Waals surface area contributed by atoms with Gasteiger partial charge in [0.05, 0.1) is 11.9 Å².